The summed E-state index contributed by atoms with van der Waals surface area (Å²) < 4.78 is 8.79. The number of aromatic nitrogens is 1. The molecule has 2 aromatic carbocycles. The molecule has 0 bridgehead atoms. The van der Waals surface area contributed by atoms with Crippen LogP contribution in [-0.4, -0.2) is 22.6 Å². The number of hydrogen-bond donors (Lipinski definition) is 0. The third kappa shape index (κ3) is 1.74. The van der Waals surface area contributed by atoms with Gasteiger partial charge in [-0.1, -0.05) is 48.5 Å². The number of benzene rings is 2. The lowest BCUT2D eigenvalue weighted by Gasteiger charge is -2.41. The first kappa shape index (κ1) is 14.3. The van der Waals surface area contributed by atoms with Crippen LogP contribution in [0.5, 0.6) is 0 Å². The number of para-hydroxylation sites is 1. The molecule has 0 aliphatic carbocycles. The Kier molecular flexibility index (Phi) is 2.94. The highest BCUT2D eigenvalue weighted by molar-refractivity contribution is 5.86. The average molecular weight is 318 g/mol. The zero-order valence-electron chi connectivity index (χ0n) is 14.2. The van der Waals surface area contributed by atoms with Crippen LogP contribution in [0.4, 0.5) is 0 Å². The minimum atomic E-state index is -0.345. The van der Waals surface area contributed by atoms with Crippen LogP contribution >= 0.6 is 0 Å². The van der Waals surface area contributed by atoms with Crippen molar-refractivity contribution in [1.29, 1.82) is 0 Å². The molecule has 3 heterocycles. The van der Waals surface area contributed by atoms with Crippen LogP contribution in [0.2, 0.25) is 0 Å². The summed E-state index contributed by atoms with van der Waals surface area (Å²) in [6.07, 6.45) is 1.08. The maximum Gasteiger partial charge on any atom is 0.160 e. The van der Waals surface area contributed by atoms with Crippen molar-refractivity contribution in [3.63, 3.8) is 0 Å². The summed E-state index contributed by atoms with van der Waals surface area (Å²) in [5, 5.41) is 1.38. The first-order valence-electron chi connectivity index (χ1n) is 8.72. The first-order valence-corrected chi connectivity index (χ1v) is 8.72. The van der Waals surface area contributed by atoms with Crippen molar-refractivity contribution >= 4 is 10.9 Å². The van der Waals surface area contributed by atoms with Crippen LogP contribution in [0.1, 0.15) is 29.8 Å². The molecular formula is C21H22N2O. The van der Waals surface area contributed by atoms with Gasteiger partial charge in [0.05, 0.1) is 18.3 Å². The highest BCUT2D eigenvalue weighted by Gasteiger charge is 2.50. The highest BCUT2D eigenvalue weighted by Crippen LogP contribution is 2.48. The van der Waals surface area contributed by atoms with Crippen LogP contribution in [0.3, 0.4) is 0 Å². The number of nitrogens with zero attached hydrogens (tertiary/aromatic N) is 2. The van der Waals surface area contributed by atoms with E-state index in [9.17, 15) is 0 Å². The van der Waals surface area contributed by atoms with Crippen LogP contribution in [0.25, 0.3) is 10.9 Å². The van der Waals surface area contributed by atoms with Crippen molar-refractivity contribution < 1.29 is 4.74 Å². The molecule has 0 unspecified atom stereocenters. The largest absolute Gasteiger partial charge is 0.353 e. The molecule has 0 saturated carbocycles. The van der Waals surface area contributed by atoms with Crippen LogP contribution in [0, 0.1) is 0 Å². The summed E-state index contributed by atoms with van der Waals surface area (Å²) in [4.78, 5) is 2.55. The molecule has 2 aliphatic rings. The predicted octanol–water partition coefficient (Wildman–Crippen LogP) is 3.98. The Balaban J connectivity index is 1.67. The smallest absolute Gasteiger partial charge is 0.160 e. The van der Waals surface area contributed by atoms with E-state index in [0.717, 1.165) is 19.6 Å². The van der Waals surface area contributed by atoms with Gasteiger partial charge in [-0.3, -0.25) is 4.90 Å². The fourth-order valence-corrected chi connectivity index (χ4v) is 4.78. The summed E-state index contributed by atoms with van der Waals surface area (Å²) in [6, 6.07) is 19.8. The third-order valence-electron chi connectivity index (χ3n) is 5.88. The predicted molar refractivity (Wildman–Crippen MR) is 95.8 cm³/mol. The highest BCUT2D eigenvalue weighted by atomic mass is 16.5. The average Bonchev–Trinajstić information content (AvgIpc) is 3.12. The quantitative estimate of drug-likeness (QED) is 0.675. The van der Waals surface area contributed by atoms with Gasteiger partial charge in [-0.15, -0.1) is 0 Å². The molecule has 0 spiro atoms. The van der Waals surface area contributed by atoms with E-state index in [0.29, 0.717) is 6.04 Å². The third-order valence-corrected chi connectivity index (χ3v) is 5.88. The molecule has 5 rings (SSSR count). The van der Waals surface area contributed by atoms with Gasteiger partial charge in [0, 0.05) is 24.5 Å². The molecule has 24 heavy (non-hydrogen) atoms. The van der Waals surface area contributed by atoms with Crippen LogP contribution in [0.15, 0.2) is 54.6 Å². The molecular weight excluding hydrogens is 296 g/mol. The molecule has 0 radical (unpaired) electrons. The Bertz CT molecular complexity index is 914. The van der Waals surface area contributed by atoms with Gasteiger partial charge < -0.3 is 9.30 Å². The van der Waals surface area contributed by atoms with Gasteiger partial charge in [0.1, 0.15) is 0 Å². The van der Waals surface area contributed by atoms with E-state index < -0.39 is 0 Å². The van der Waals surface area contributed by atoms with E-state index in [1.165, 1.54) is 27.7 Å². The molecule has 3 nitrogen and oxygen atoms in total. The summed E-state index contributed by atoms with van der Waals surface area (Å²) in [5.74, 6) is 0. The second-order valence-corrected chi connectivity index (χ2v) is 7.07. The zero-order valence-corrected chi connectivity index (χ0v) is 14.2. The first-order chi connectivity index (χ1) is 11.7. The Morgan fingerprint density at radius 1 is 1.04 bits per heavy atom. The van der Waals surface area contributed by atoms with E-state index >= 15 is 0 Å². The lowest BCUT2D eigenvalue weighted by Crippen LogP contribution is -2.46. The number of aryl methyl sites for hydroxylation is 1. The number of ether oxygens (including phenoxy) is 1. The molecule has 1 aromatic heterocycles. The van der Waals surface area contributed by atoms with Gasteiger partial charge in [-0.05, 0) is 30.5 Å². The Hall–Kier alpha value is -2.10. The van der Waals surface area contributed by atoms with Crippen molar-refractivity contribution in [3.05, 3.63) is 71.4 Å². The number of fused-ring (bicyclic) bond motifs is 5. The summed E-state index contributed by atoms with van der Waals surface area (Å²) in [5.41, 5.74) is 5.09. The van der Waals surface area contributed by atoms with Gasteiger partial charge in [0.15, 0.2) is 5.72 Å². The van der Waals surface area contributed by atoms with E-state index in [2.05, 4.69) is 78.0 Å². The molecule has 122 valence electrons. The minimum Gasteiger partial charge on any atom is -0.353 e. The summed E-state index contributed by atoms with van der Waals surface area (Å²) >= 11 is 0. The van der Waals surface area contributed by atoms with Crippen LogP contribution in [-0.2, 0) is 23.9 Å². The van der Waals surface area contributed by atoms with E-state index in [1.807, 2.05) is 0 Å². The molecule has 1 saturated heterocycles. The molecule has 0 amide bonds. The number of rotatable bonds is 1. The standard InChI is InChI=1S/C21H22N2O/c1-21-20-17(16-10-6-7-11-18(16)22(20)2)12-13-23(21)19(14-24-21)15-8-4-3-5-9-15/h3-11,19H,12-14H2,1-2H3/t19-,21-/m0/s1. The van der Waals surface area contributed by atoms with E-state index in [1.54, 1.807) is 0 Å². The SMILES string of the molecule is Cn1c2c(c3ccccc31)CCN1[C@H](c3ccccc3)CO[C@@]21C. The lowest BCUT2D eigenvalue weighted by atomic mass is 9.93. The van der Waals surface area contributed by atoms with E-state index in [-0.39, 0.29) is 5.72 Å². The topological polar surface area (TPSA) is 17.4 Å². The number of hydrogen-bond acceptors (Lipinski definition) is 2. The zero-order chi connectivity index (χ0) is 16.3. The Labute approximate surface area is 142 Å². The molecule has 0 N–H and O–H groups in total. The second-order valence-electron chi connectivity index (χ2n) is 7.07. The summed E-state index contributed by atoms with van der Waals surface area (Å²) in [6.45, 7) is 4.03. The maximum absolute atomic E-state index is 6.45. The molecule has 2 atom stereocenters. The summed E-state index contributed by atoms with van der Waals surface area (Å²) in [7, 11) is 2.18. The van der Waals surface area contributed by atoms with Gasteiger partial charge in [0.25, 0.3) is 0 Å². The van der Waals surface area contributed by atoms with Gasteiger partial charge in [-0.25, -0.2) is 0 Å². The van der Waals surface area contributed by atoms with Crippen molar-refractivity contribution in [2.45, 2.75) is 25.1 Å². The van der Waals surface area contributed by atoms with Gasteiger partial charge >= 0.3 is 0 Å². The molecule has 2 aliphatic heterocycles. The Morgan fingerprint density at radius 2 is 1.79 bits per heavy atom. The van der Waals surface area contributed by atoms with Crippen molar-refractivity contribution in [1.82, 2.24) is 9.47 Å². The van der Waals surface area contributed by atoms with Crippen LogP contribution < -0.4 is 0 Å². The molecule has 3 heteroatoms. The fraction of sp³-hybridized carbons (Fsp3) is 0.333. The molecule has 3 aromatic rings. The van der Waals surface area contributed by atoms with Gasteiger partial charge in [-0.2, -0.15) is 0 Å². The van der Waals surface area contributed by atoms with Crippen molar-refractivity contribution in [2.75, 3.05) is 13.2 Å². The Morgan fingerprint density at radius 3 is 2.62 bits per heavy atom. The van der Waals surface area contributed by atoms with Crippen molar-refractivity contribution in [3.8, 4) is 0 Å². The second kappa shape index (κ2) is 4.95. The normalized spacial score (nSPS) is 26.5. The lowest BCUT2D eigenvalue weighted by molar-refractivity contribution is -0.0880. The van der Waals surface area contributed by atoms with Gasteiger partial charge in [0.2, 0.25) is 0 Å². The monoisotopic (exact) mass is 318 g/mol. The fourth-order valence-electron chi connectivity index (χ4n) is 4.78. The van der Waals surface area contributed by atoms with Crippen molar-refractivity contribution in [2.24, 2.45) is 7.05 Å². The molecule has 1 fully saturated rings. The van der Waals surface area contributed by atoms with E-state index in [4.69, 9.17) is 4.74 Å². The minimum absolute atomic E-state index is 0.336. The maximum atomic E-state index is 6.45.